The number of rotatable bonds is 5. The van der Waals surface area contributed by atoms with Crippen LogP contribution in [0.5, 0.6) is 5.75 Å². The van der Waals surface area contributed by atoms with Crippen LogP contribution in [0.3, 0.4) is 0 Å². The SMILES string of the molecule is COc1ccc([C@@H]2C[C@H](c3ccccc3Cl)n3ncnc3N2C(=O)c2ccc([N+](=O)[O-])cc2)cc1. The lowest BCUT2D eigenvalue weighted by Crippen LogP contribution is -2.42. The van der Waals surface area contributed by atoms with Crippen molar-refractivity contribution in [1.82, 2.24) is 14.8 Å². The third-order valence-electron chi connectivity index (χ3n) is 6.13. The second-order valence-electron chi connectivity index (χ2n) is 8.05. The van der Waals surface area contributed by atoms with Crippen LogP contribution in [0.1, 0.15) is 40.0 Å². The summed E-state index contributed by atoms with van der Waals surface area (Å²) in [6.07, 6.45) is 1.90. The van der Waals surface area contributed by atoms with Crippen molar-refractivity contribution >= 4 is 29.1 Å². The summed E-state index contributed by atoms with van der Waals surface area (Å²) in [4.78, 5) is 30.4. The lowest BCUT2D eigenvalue weighted by Gasteiger charge is -2.39. The molecule has 9 nitrogen and oxygen atoms in total. The molecule has 0 radical (unpaired) electrons. The van der Waals surface area contributed by atoms with Gasteiger partial charge in [-0.05, 0) is 47.9 Å². The van der Waals surface area contributed by atoms with Gasteiger partial charge in [0.2, 0.25) is 5.95 Å². The van der Waals surface area contributed by atoms with Gasteiger partial charge in [0.1, 0.15) is 12.1 Å². The van der Waals surface area contributed by atoms with Gasteiger partial charge in [0, 0.05) is 22.7 Å². The smallest absolute Gasteiger partial charge is 0.269 e. The highest BCUT2D eigenvalue weighted by molar-refractivity contribution is 6.31. The Bertz CT molecular complexity index is 1390. The second kappa shape index (κ2) is 9.19. The zero-order valence-electron chi connectivity index (χ0n) is 18.6. The van der Waals surface area contributed by atoms with E-state index in [0.29, 0.717) is 28.7 Å². The number of nitro groups is 1. The predicted octanol–water partition coefficient (Wildman–Crippen LogP) is 5.23. The van der Waals surface area contributed by atoms with E-state index in [1.165, 1.54) is 30.6 Å². The van der Waals surface area contributed by atoms with Crippen LogP contribution < -0.4 is 9.64 Å². The van der Waals surface area contributed by atoms with Gasteiger partial charge < -0.3 is 4.74 Å². The number of benzene rings is 3. The normalized spacial score (nSPS) is 17.0. The largest absolute Gasteiger partial charge is 0.497 e. The summed E-state index contributed by atoms with van der Waals surface area (Å²) in [5.41, 5.74) is 1.97. The number of methoxy groups -OCH3 is 1. The van der Waals surface area contributed by atoms with E-state index in [2.05, 4.69) is 10.1 Å². The number of halogens is 1. The number of aromatic nitrogens is 3. The Balaban J connectivity index is 1.63. The number of anilines is 1. The minimum Gasteiger partial charge on any atom is -0.497 e. The number of non-ortho nitro benzene ring substituents is 1. The van der Waals surface area contributed by atoms with E-state index in [4.69, 9.17) is 16.3 Å². The number of fused-ring (bicyclic) bond motifs is 1. The van der Waals surface area contributed by atoms with Crippen molar-refractivity contribution in [2.24, 2.45) is 0 Å². The van der Waals surface area contributed by atoms with E-state index in [0.717, 1.165) is 11.1 Å². The summed E-state index contributed by atoms with van der Waals surface area (Å²) in [7, 11) is 1.59. The Kier molecular flexibility index (Phi) is 5.92. The molecule has 4 aromatic rings. The Morgan fingerprint density at radius 3 is 2.43 bits per heavy atom. The van der Waals surface area contributed by atoms with E-state index in [-0.39, 0.29) is 17.6 Å². The van der Waals surface area contributed by atoms with Crippen molar-refractivity contribution in [2.45, 2.75) is 18.5 Å². The third-order valence-corrected chi connectivity index (χ3v) is 6.48. The lowest BCUT2D eigenvalue weighted by molar-refractivity contribution is -0.384. The van der Waals surface area contributed by atoms with E-state index < -0.39 is 11.0 Å². The van der Waals surface area contributed by atoms with E-state index in [9.17, 15) is 14.9 Å². The number of ether oxygens (including phenoxy) is 1. The molecule has 2 heterocycles. The summed E-state index contributed by atoms with van der Waals surface area (Å²) < 4.78 is 7.00. The molecule has 0 saturated heterocycles. The first-order valence-electron chi connectivity index (χ1n) is 10.8. The van der Waals surface area contributed by atoms with Crippen molar-refractivity contribution in [3.8, 4) is 5.75 Å². The average molecular weight is 490 g/mol. The molecule has 176 valence electrons. The van der Waals surface area contributed by atoms with Crippen LogP contribution in [-0.4, -0.2) is 32.7 Å². The Labute approximate surface area is 205 Å². The minimum absolute atomic E-state index is 0.0890. The van der Waals surface area contributed by atoms with E-state index >= 15 is 0 Å². The highest BCUT2D eigenvalue weighted by Crippen LogP contribution is 2.44. The molecule has 1 amide bonds. The van der Waals surface area contributed by atoms with Gasteiger partial charge in [-0.15, -0.1) is 0 Å². The van der Waals surface area contributed by atoms with Gasteiger partial charge in [0.05, 0.1) is 24.1 Å². The number of carbonyl (C=O) groups excluding carboxylic acids is 1. The van der Waals surface area contributed by atoms with Crippen LogP contribution >= 0.6 is 11.6 Å². The molecule has 2 atom stereocenters. The first kappa shape index (κ1) is 22.5. The van der Waals surface area contributed by atoms with Crippen LogP contribution in [-0.2, 0) is 0 Å². The average Bonchev–Trinajstić information content (AvgIpc) is 3.38. The van der Waals surface area contributed by atoms with Gasteiger partial charge in [0.25, 0.3) is 11.6 Å². The van der Waals surface area contributed by atoms with Gasteiger partial charge in [-0.2, -0.15) is 10.1 Å². The zero-order chi connectivity index (χ0) is 24.5. The number of amides is 1. The summed E-state index contributed by atoms with van der Waals surface area (Å²) >= 11 is 6.55. The molecule has 0 aliphatic carbocycles. The van der Waals surface area contributed by atoms with Crippen LogP contribution in [0.4, 0.5) is 11.6 Å². The van der Waals surface area contributed by atoms with Gasteiger partial charge in [-0.3, -0.25) is 19.8 Å². The maximum Gasteiger partial charge on any atom is 0.269 e. The highest BCUT2D eigenvalue weighted by Gasteiger charge is 2.40. The second-order valence-corrected chi connectivity index (χ2v) is 8.45. The fraction of sp³-hybridized carbons (Fsp3) is 0.160. The molecule has 35 heavy (non-hydrogen) atoms. The van der Waals surface area contributed by atoms with E-state index in [1.807, 2.05) is 48.5 Å². The molecule has 0 unspecified atom stereocenters. The van der Waals surface area contributed by atoms with Gasteiger partial charge in [-0.25, -0.2) is 4.68 Å². The number of carbonyl (C=O) groups is 1. The first-order valence-corrected chi connectivity index (χ1v) is 11.2. The van der Waals surface area contributed by atoms with Gasteiger partial charge >= 0.3 is 0 Å². The third kappa shape index (κ3) is 4.10. The fourth-order valence-corrected chi connectivity index (χ4v) is 4.67. The molecule has 1 aliphatic rings. The molecule has 0 N–H and O–H groups in total. The summed E-state index contributed by atoms with van der Waals surface area (Å²) in [6, 6.07) is 19.9. The molecular weight excluding hydrogens is 470 g/mol. The van der Waals surface area contributed by atoms with Gasteiger partial charge in [-0.1, -0.05) is 41.9 Å². The molecule has 1 aliphatic heterocycles. The van der Waals surface area contributed by atoms with Gasteiger partial charge in [0.15, 0.2) is 0 Å². The lowest BCUT2D eigenvalue weighted by atomic mass is 9.91. The molecule has 1 aromatic heterocycles. The van der Waals surface area contributed by atoms with Crippen molar-refractivity contribution in [1.29, 1.82) is 0 Å². The molecule has 0 spiro atoms. The maximum absolute atomic E-state index is 13.8. The van der Waals surface area contributed by atoms with Crippen LogP contribution in [0, 0.1) is 10.1 Å². The first-order chi connectivity index (χ1) is 17.0. The predicted molar refractivity (Wildman–Crippen MR) is 130 cm³/mol. The van der Waals surface area contributed by atoms with Crippen LogP contribution in [0.25, 0.3) is 0 Å². The molecular formula is C25H20ClN5O4. The molecule has 0 bridgehead atoms. The van der Waals surface area contributed by atoms with Crippen molar-refractivity contribution in [3.05, 3.63) is 111 Å². The minimum atomic E-state index is -0.500. The number of hydrogen-bond donors (Lipinski definition) is 0. The van der Waals surface area contributed by atoms with E-state index in [1.54, 1.807) is 16.7 Å². The van der Waals surface area contributed by atoms with Crippen LogP contribution in [0.15, 0.2) is 79.1 Å². The number of hydrogen-bond acceptors (Lipinski definition) is 6. The van der Waals surface area contributed by atoms with Crippen LogP contribution in [0.2, 0.25) is 5.02 Å². The summed E-state index contributed by atoms with van der Waals surface area (Å²) in [5.74, 6) is 0.724. The molecule has 0 saturated carbocycles. The Morgan fingerprint density at radius 2 is 1.77 bits per heavy atom. The van der Waals surface area contributed by atoms with Crippen molar-refractivity contribution in [2.75, 3.05) is 12.0 Å². The summed E-state index contributed by atoms with van der Waals surface area (Å²) in [6.45, 7) is 0. The maximum atomic E-state index is 13.8. The number of nitrogens with zero attached hydrogens (tertiary/aromatic N) is 5. The number of nitro benzene ring substituents is 1. The monoisotopic (exact) mass is 489 g/mol. The topological polar surface area (TPSA) is 103 Å². The quantitative estimate of drug-likeness (QED) is 0.281. The molecule has 3 aromatic carbocycles. The molecule has 0 fully saturated rings. The van der Waals surface area contributed by atoms with Crippen molar-refractivity contribution < 1.29 is 14.5 Å². The zero-order valence-corrected chi connectivity index (χ0v) is 19.4. The van der Waals surface area contributed by atoms with Crippen molar-refractivity contribution in [3.63, 3.8) is 0 Å². The molecule has 5 rings (SSSR count). The Hall–Kier alpha value is -4.24. The Morgan fingerprint density at radius 1 is 1.06 bits per heavy atom. The highest BCUT2D eigenvalue weighted by atomic mass is 35.5. The standard InChI is InChI=1S/C25H20ClN5O4/c1-35-19-12-8-16(9-13-19)22-14-23(20-4-2-3-5-21(20)26)30-25(27-15-28-30)29(22)24(32)17-6-10-18(11-7-17)31(33)34/h2-13,15,22-23H,14H2,1H3/t22-,23+/m0/s1. The summed E-state index contributed by atoms with van der Waals surface area (Å²) in [5, 5.41) is 16.1. The molecule has 10 heteroatoms. The fourth-order valence-electron chi connectivity index (χ4n) is 4.40.